The fourth-order valence-electron chi connectivity index (χ4n) is 2.30. The minimum atomic E-state index is -6.08. The van der Waals surface area contributed by atoms with E-state index in [1.165, 1.54) is 0 Å². The third-order valence-corrected chi connectivity index (χ3v) is 3.48. The van der Waals surface area contributed by atoms with Crippen LogP contribution in [0.5, 0.6) is 0 Å². The van der Waals surface area contributed by atoms with E-state index in [9.17, 15) is 35.1 Å². The predicted molar refractivity (Wildman–Crippen MR) is 44.2 cm³/mol. The number of hydrogen-bond acceptors (Lipinski definition) is 1. The number of rotatable bonds is 1. The average Bonchev–Trinajstić information content (AvgIpc) is 2.21. The van der Waals surface area contributed by atoms with Gasteiger partial charge in [-0.25, -0.2) is 13.2 Å². The summed E-state index contributed by atoms with van der Waals surface area (Å²) in [4.78, 5) is 0. The van der Waals surface area contributed by atoms with Crippen LogP contribution in [0.1, 0.15) is 20.3 Å². The molecule has 1 aliphatic rings. The van der Waals surface area contributed by atoms with Gasteiger partial charge in [0.1, 0.15) is 0 Å². The quantitative estimate of drug-likeness (QED) is 0.733. The van der Waals surface area contributed by atoms with E-state index in [0.717, 1.165) is 6.92 Å². The zero-order valence-corrected chi connectivity index (χ0v) is 9.26. The van der Waals surface area contributed by atoms with Crippen LogP contribution in [0, 0.1) is 5.92 Å². The molecule has 1 fully saturated rings. The molecule has 18 heavy (non-hydrogen) atoms. The molecule has 1 N–H and O–H groups in total. The van der Waals surface area contributed by atoms with Crippen LogP contribution in [0.2, 0.25) is 0 Å². The molecule has 3 atom stereocenters. The third-order valence-electron chi connectivity index (χ3n) is 3.48. The van der Waals surface area contributed by atoms with E-state index in [2.05, 4.69) is 0 Å². The monoisotopic (exact) mass is 286 g/mol. The SMILES string of the molecule is CCC1C(F)(F)C(C)(F)C(F)(F)C1(O)C(F)(F)F. The highest BCUT2D eigenvalue weighted by molar-refractivity contribution is 5.25. The molecule has 0 heterocycles. The lowest BCUT2D eigenvalue weighted by molar-refractivity contribution is -0.346. The number of alkyl halides is 8. The maximum atomic E-state index is 13.5. The van der Waals surface area contributed by atoms with E-state index in [4.69, 9.17) is 5.11 Å². The van der Waals surface area contributed by atoms with Gasteiger partial charge < -0.3 is 5.11 Å². The summed E-state index contributed by atoms with van der Waals surface area (Å²) in [5.41, 5.74) is -9.88. The van der Waals surface area contributed by atoms with E-state index in [1.807, 2.05) is 0 Å². The van der Waals surface area contributed by atoms with Gasteiger partial charge in [-0.3, -0.25) is 0 Å². The number of halogens is 8. The van der Waals surface area contributed by atoms with Gasteiger partial charge in [-0.2, -0.15) is 22.0 Å². The van der Waals surface area contributed by atoms with Crippen LogP contribution in [-0.4, -0.2) is 34.4 Å². The first-order valence-electron chi connectivity index (χ1n) is 4.93. The van der Waals surface area contributed by atoms with E-state index in [1.54, 1.807) is 0 Å². The van der Waals surface area contributed by atoms with Crippen molar-refractivity contribution in [2.24, 2.45) is 5.92 Å². The number of hydrogen-bond donors (Lipinski definition) is 1. The van der Waals surface area contributed by atoms with Crippen LogP contribution < -0.4 is 0 Å². The fourth-order valence-corrected chi connectivity index (χ4v) is 2.30. The van der Waals surface area contributed by atoms with Gasteiger partial charge in [-0.1, -0.05) is 6.92 Å². The zero-order valence-electron chi connectivity index (χ0n) is 9.26. The van der Waals surface area contributed by atoms with Crippen molar-refractivity contribution in [3.63, 3.8) is 0 Å². The van der Waals surface area contributed by atoms with Crippen molar-refractivity contribution >= 4 is 0 Å². The van der Waals surface area contributed by atoms with Gasteiger partial charge in [-0.15, -0.1) is 0 Å². The standard InChI is InChI=1S/C9H10F8O/c1-3-4-6(18,9(15,16)17)8(13,14)5(2,10)7(4,11)12/h4,18H,3H2,1-2H3. The van der Waals surface area contributed by atoms with E-state index in [0.29, 0.717) is 0 Å². The molecule has 1 saturated carbocycles. The highest BCUT2D eigenvalue weighted by atomic mass is 19.4. The Bertz CT molecular complexity index is 347. The Balaban J connectivity index is 3.62. The maximum Gasteiger partial charge on any atom is 0.423 e. The van der Waals surface area contributed by atoms with Gasteiger partial charge in [-0.05, 0) is 13.3 Å². The third kappa shape index (κ3) is 1.31. The van der Waals surface area contributed by atoms with Gasteiger partial charge in [0.05, 0.1) is 5.92 Å². The van der Waals surface area contributed by atoms with Crippen molar-refractivity contribution in [1.82, 2.24) is 0 Å². The lowest BCUT2D eigenvalue weighted by atomic mass is 9.85. The second kappa shape index (κ2) is 3.49. The molecule has 1 nitrogen and oxygen atoms in total. The molecule has 0 bridgehead atoms. The number of aliphatic hydroxyl groups is 1. The second-order valence-corrected chi connectivity index (χ2v) is 4.43. The van der Waals surface area contributed by atoms with E-state index >= 15 is 0 Å². The normalized spacial score (nSPS) is 43.2. The Morgan fingerprint density at radius 2 is 1.44 bits per heavy atom. The van der Waals surface area contributed by atoms with E-state index in [-0.39, 0.29) is 6.92 Å². The molecule has 0 saturated heterocycles. The molecule has 1 aliphatic carbocycles. The Morgan fingerprint density at radius 1 is 1.06 bits per heavy atom. The highest BCUT2D eigenvalue weighted by Crippen LogP contribution is 2.67. The van der Waals surface area contributed by atoms with Crippen molar-refractivity contribution in [3.05, 3.63) is 0 Å². The molecule has 0 aromatic carbocycles. The fraction of sp³-hybridized carbons (Fsp3) is 1.00. The van der Waals surface area contributed by atoms with Crippen LogP contribution in [0.25, 0.3) is 0 Å². The topological polar surface area (TPSA) is 20.2 Å². The molecule has 0 aromatic rings. The van der Waals surface area contributed by atoms with Crippen molar-refractivity contribution in [2.75, 3.05) is 0 Å². The molecule has 108 valence electrons. The summed E-state index contributed by atoms with van der Waals surface area (Å²) in [6, 6.07) is 0. The van der Waals surface area contributed by atoms with Gasteiger partial charge in [0.25, 0.3) is 5.92 Å². The molecular weight excluding hydrogens is 276 g/mol. The second-order valence-electron chi connectivity index (χ2n) is 4.43. The van der Waals surface area contributed by atoms with Crippen molar-refractivity contribution in [1.29, 1.82) is 0 Å². The van der Waals surface area contributed by atoms with Gasteiger partial charge in [0.15, 0.2) is 0 Å². The van der Waals surface area contributed by atoms with Crippen LogP contribution in [0.15, 0.2) is 0 Å². The maximum absolute atomic E-state index is 13.5. The van der Waals surface area contributed by atoms with Crippen LogP contribution in [-0.2, 0) is 0 Å². The molecule has 3 unspecified atom stereocenters. The van der Waals surface area contributed by atoms with Crippen molar-refractivity contribution < 1.29 is 40.2 Å². The molecule has 0 aromatic heterocycles. The van der Waals surface area contributed by atoms with Crippen LogP contribution >= 0.6 is 0 Å². The predicted octanol–water partition coefficient (Wildman–Crippen LogP) is 3.32. The van der Waals surface area contributed by atoms with Crippen molar-refractivity contribution in [2.45, 2.75) is 49.6 Å². The molecule has 0 spiro atoms. The largest absolute Gasteiger partial charge is 0.423 e. The minimum Gasteiger partial charge on any atom is -0.375 e. The molecule has 0 amide bonds. The first kappa shape index (κ1) is 15.5. The molecule has 9 heteroatoms. The first-order valence-corrected chi connectivity index (χ1v) is 4.93. The lowest BCUT2D eigenvalue weighted by Gasteiger charge is -2.36. The Labute approximate surface area is 96.8 Å². The Morgan fingerprint density at radius 3 is 1.67 bits per heavy atom. The molecular formula is C9H10F8O. The summed E-state index contributed by atoms with van der Waals surface area (Å²) in [5, 5.41) is 9.09. The molecule has 0 aliphatic heterocycles. The highest BCUT2D eigenvalue weighted by Gasteiger charge is 2.92. The van der Waals surface area contributed by atoms with Crippen molar-refractivity contribution in [3.8, 4) is 0 Å². The Hall–Kier alpha value is -0.600. The van der Waals surface area contributed by atoms with Crippen LogP contribution in [0.3, 0.4) is 0 Å². The Kier molecular flexibility index (Phi) is 2.99. The van der Waals surface area contributed by atoms with E-state index < -0.39 is 41.6 Å². The summed E-state index contributed by atoms with van der Waals surface area (Å²) in [7, 11) is 0. The summed E-state index contributed by atoms with van der Waals surface area (Å²) in [6.07, 6.45) is -7.23. The smallest absolute Gasteiger partial charge is 0.375 e. The summed E-state index contributed by atoms with van der Waals surface area (Å²) in [6.45, 7) is 0.409. The summed E-state index contributed by atoms with van der Waals surface area (Å²) >= 11 is 0. The molecule has 1 rings (SSSR count). The molecule has 0 radical (unpaired) electrons. The summed E-state index contributed by atoms with van der Waals surface area (Å²) in [5.74, 6) is -13.9. The minimum absolute atomic E-state index is 0.334. The van der Waals surface area contributed by atoms with Gasteiger partial charge >= 0.3 is 12.1 Å². The van der Waals surface area contributed by atoms with Gasteiger partial charge in [0.2, 0.25) is 11.3 Å². The lowest BCUT2D eigenvalue weighted by Crippen LogP contribution is -2.62. The first-order chi connectivity index (χ1) is 7.69. The zero-order chi connectivity index (χ0) is 14.8. The summed E-state index contributed by atoms with van der Waals surface area (Å²) < 4.78 is 105. The van der Waals surface area contributed by atoms with Gasteiger partial charge in [0, 0.05) is 0 Å². The average molecular weight is 286 g/mol. The van der Waals surface area contributed by atoms with Crippen LogP contribution in [0.4, 0.5) is 35.1 Å².